The lowest BCUT2D eigenvalue weighted by Crippen LogP contribution is -2.47. The van der Waals surface area contributed by atoms with E-state index in [1.54, 1.807) is 12.1 Å². The van der Waals surface area contributed by atoms with Crippen LogP contribution in [-0.2, 0) is 25.7 Å². The zero-order chi connectivity index (χ0) is 26.9. The number of aryl methyl sites for hydroxylation is 1. The maximum absolute atomic E-state index is 14.7. The molecular weight excluding hydrogens is 492 g/mol. The molecule has 0 atom stereocenters. The lowest BCUT2D eigenvalue weighted by Gasteiger charge is -2.39. The summed E-state index contributed by atoms with van der Waals surface area (Å²) < 4.78 is 27.1. The van der Waals surface area contributed by atoms with Gasteiger partial charge in [0, 0.05) is 19.6 Å². The molecule has 1 N–H and O–H groups in total. The molecule has 3 aromatic rings. The second kappa shape index (κ2) is 11.1. The number of carboxylic acids is 1. The van der Waals surface area contributed by atoms with Gasteiger partial charge in [0.1, 0.15) is 5.82 Å². The number of hydrogen-bond donors (Lipinski definition) is 1. The van der Waals surface area contributed by atoms with E-state index < -0.39 is 5.97 Å². The van der Waals surface area contributed by atoms with Crippen molar-refractivity contribution in [2.24, 2.45) is 5.92 Å². The summed E-state index contributed by atoms with van der Waals surface area (Å²) in [6.45, 7) is 2.67. The van der Waals surface area contributed by atoms with E-state index in [-0.39, 0.29) is 12.5 Å². The molecule has 0 radical (unpaired) electrons. The van der Waals surface area contributed by atoms with Crippen LogP contribution in [-0.4, -0.2) is 42.3 Å². The molecule has 3 aliphatic rings. The summed E-state index contributed by atoms with van der Waals surface area (Å²) in [5, 5.41) is 9.62. The number of benzene rings is 3. The Morgan fingerprint density at radius 2 is 1.64 bits per heavy atom. The molecule has 0 bridgehead atoms. The summed E-state index contributed by atoms with van der Waals surface area (Å²) in [4.78, 5) is 14.1. The van der Waals surface area contributed by atoms with Gasteiger partial charge in [-0.1, -0.05) is 36.4 Å². The van der Waals surface area contributed by atoms with Gasteiger partial charge in [0.2, 0.25) is 0 Å². The van der Waals surface area contributed by atoms with Crippen molar-refractivity contribution in [3.8, 4) is 0 Å². The summed E-state index contributed by atoms with van der Waals surface area (Å²) in [6, 6.07) is 17.9. The fourth-order valence-corrected chi connectivity index (χ4v) is 6.88. The first-order valence-electron chi connectivity index (χ1n) is 14.3. The summed E-state index contributed by atoms with van der Waals surface area (Å²) in [5.74, 6) is -0.398. The third-order valence-electron chi connectivity index (χ3n) is 8.76. The highest BCUT2D eigenvalue weighted by Gasteiger charge is 2.28. The minimum atomic E-state index is -0.909. The quantitative estimate of drug-likeness (QED) is 0.338. The Balaban J connectivity index is 1.39. The monoisotopic (exact) mass is 527 g/mol. The Morgan fingerprint density at radius 1 is 0.897 bits per heavy atom. The number of carboxylic acid groups (broad SMARTS) is 1. The Kier molecular flexibility index (Phi) is 7.35. The molecule has 0 aromatic heterocycles. The van der Waals surface area contributed by atoms with Gasteiger partial charge in [-0.15, -0.1) is 0 Å². The number of allylic oxidation sites excluding steroid dienone is 1. The van der Waals surface area contributed by atoms with Gasteiger partial charge in [0.25, 0.3) is 0 Å². The molecule has 2 aliphatic carbocycles. The second-order valence-corrected chi connectivity index (χ2v) is 11.4. The number of halogens is 2. The normalized spacial score (nSPS) is 17.5. The number of likely N-dealkylation sites (tertiary alicyclic amines) is 1. The van der Waals surface area contributed by atoms with Gasteiger partial charge in [-0.25, -0.2) is 9.18 Å². The SMILES string of the molecule is O=C(O)c1ccc2c(c1)CCCC(c1ccc(F)c3c1CCC3)=C2c1ccc(CC2CN(CCCF)C2)cc1. The highest BCUT2D eigenvalue weighted by atomic mass is 19.1. The average Bonchev–Trinajstić information content (AvgIpc) is 3.34. The van der Waals surface area contributed by atoms with Crippen LogP contribution in [0.5, 0.6) is 0 Å². The minimum absolute atomic E-state index is 0.0999. The van der Waals surface area contributed by atoms with Crippen molar-refractivity contribution in [3.05, 3.63) is 105 Å². The summed E-state index contributed by atoms with van der Waals surface area (Å²) in [6.07, 6.45) is 6.89. The van der Waals surface area contributed by atoms with Gasteiger partial charge in [0.05, 0.1) is 12.2 Å². The molecule has 6 rings (SSSR count). The predicted molar refractivity (Wildman–Crippen MR) is 151 cm³/mol. The third-order valence-corrected chi connectivity index (χ3v) is 8.76. The zero-order valence-electron chi connectivity index (χ0n) is 22.3. The average molecular weight is 528 g/mol. The summed E-state index contributed by atoms with van der Waals surface area (Å²) in [7, 11) is 0. The highest BCUT2D eigenvalue weighted by molar-refractivity contribution is 6.01. The maximum Gasteiger partial charge on any atom is 0.335 e. The topological polar surface area (TPSA) is 40.5 Å². The molecule has 1 fully saturated rings. The van der Waals surface area contributed by atoms with Crippen molar-refractivity contribution in [1.29, 1.82) is 0 Å². The van der Waals surface area contributed by atoms with E-state index >= 15 is 0 Å². The predicted octanol–water partition coefficient (Wildman–Crippen LogP) is 7.14. The molecule has 1 aliphatic heterocycles. The van der Waals surface area contributed by atoms with E-state index in [1.165, 1.54) is 11.1 Å². The van der Waals surface area contributed by atoms with Crippen LogP contribution in [0.1, 0.15) is 75.0 Å². The van der Waals surface area contributed by atoms with E-state index in [4.69, 9.17) is 0 Å². The minimum Gasteiger partial charge on any atom is -0.478 e. The van der Waals surface area contributed by atoms with Crippen LogP contribution >= 0.6 is 0 Å². The van der Waals surface area contributed by atoms with Gasteiger partial charge in [-0.3, -0.25) is 4.39 Å². The Bertz CT molecular complexity index is 1420. The second-order valence-electron chi connectivity index (χ2n) is 11.4. The number of hydrogen-bond acceptors (Lipinski definition) is 2. The Hall–Kier alpha value is -3.31. The van der Waals surface area contributed by atoms with E-state index in [0.717, 1.165) is 104 Å². The van der Waals surface area contributed by atoms with Crippen LogP contribution in [0.2, 0.25) is 0 Å². The number of fused-ring (bicyclic) bond motifs is 2. The molecule has 3 nitrogen and oxygen atoms in total. The van der Waals surface area contributed by atoms with Crippen molar-refractivity contribution in [1.82, 2.24) is 4.90 Å². The van der Waals surface area contributed by atoms with Crippen molar-refractivity contribution in [3.63, 3.8) is 0 Å². The van der Waals surface area contributed by atoms with Gasteiger partial charge < -0.3 is 10.0 Å². The Labute approximate surface area is 229 Å². The van der Waals surface area contributed by atoms with Crippen LogP contribution in [0.4, 0.5) is 8.78 Å². The maximum atomic E-state index is 14.7. The van der Waals surface area contributed by atoms with Gasteiger partial charge in [-0.2, -0.15) is 0 Å². The van der Waals surface area contributed by atoms with Crippen molar-refractivity contribution >= 4 is 17.1 Å². The van der Waals surface area contributed by atoms with Crippen molar-refractivity contribution < 1.29 is 18.7 Å². The molecule has 1 saturated heterocycles. The van der Waals surface area contributed by atoms with E-state index in [1.807, 2.05) is 18.2 Å². The molecule has 0 spiro atoms. The molecule has 0 amide bonds. The molecule has 1 heterocycles. The number of rotatable bonds is 8. The third kappa shape index (κ3) is 5.17. The Morgan fingerprint density at radius 3 is 2.41 bits per heavy atom. The molecular formula is C34H35F2NO2. The molecule has 0 unspecified atom stereocenters. The van der Waals surface area contributed by atoms with Crippen LogP contribution in [0, 0.1) is 11.7 Å². The first-order chi connectivity index (χ1) is 19.0. The number of aromatic carboxylic acids is 1. The van der Waals surface area contributed by atoms with Crippen LogP contribution < -0.4 is 0 Å². The van der Waals surface area contributed by atoms with E-state index in [0.29, 0.717) is 17.9 Å². The molecule has 202 valence electrons. The van der Waals surface area contributed by atoms with Gasteiger partial charge in [0.15, 0.2) is 0 Å². The fraction of sp³-hybridized carbons (Fsp3) is 0.382. The number of alkyl halides is 1. The zero-order valence-corrected chi connectivity index (χ0v) is 22.3. The van der Waals surface area contributed by atoms with Crippen molar-refractivity contribution in [2.45, 2.75) is 51.4 Å². The van der Waals surface area contributed by atoms with Gasteiger partial charge in [-0.05, 0) is 126 Å². The smallest absolute Gasteiger partial charge is 0.335 e. The standard InChI is InChI=1S/C34H35F2NO2/c35-16-3-17-37-20-23(21-37)18-22-8-10-24(11-9-22)33-27-13-12-26(34(38)39)19-25(27)4-1-7-31(33)29-14-15-32(36)30-6-2-5-28(29)30/h8-15,19,23H,1-7,16-18,20-21H2,(H,38,39). The van der Waals surface area contributed by atoms with Crippen LogP contribution in [0.3, 0.4) is 0 Å². The molecule has 3 aromatic carbocycles. The van der Waals surface area contributed by atoms with E-state index in [2.05, 4.69) is 29.2 Å². The number of nitrogens with zero attached hydrogens (tertiary/aromatic N) is 1. The van der Waals surface area contributed by atoms with Crippen LogP contribution in [0.15, 0.2) is 54.6 Å². The summed E-state index contributed by atoms with van der Waals surface area (Å²) in [5.41, 5.74) is 10.4. The highest BCUT2D eigenvalue weighted by Crippen LogP contribution is 2.43. The molecule has 0 saturated carbocycles. The van der Waals surface area contributed by atoms with E-state index in [9.17, 15) is 18.7 Å². The molecule has 39 heavy (non-hydrogen) atoms. The van der Waals surface area contributed by atoms with Crippen molar-refractivity contribution in [2.75, 3.05) is 26.3 Å². The lowest BCUT2D eigenvalue weighted by atomic mass is 9.84. The first-order valence-corrected chi connectivity index (χ1v) is 14.3. The largest absolute Gasteiger partial charge is 0.478 e. The number of carbonyl (C=O) groups is 1. The first kappa shape index (κ1) is 25.9. The van der Waals surface area contributed by atoms with Crippen LogP contribution in [0.25, 0.3) is 11.1 Å². The lowest BCUT2D eigenvalue weighted by molar-refractivity contribution is 0.0696. The van der Waals surface area contributed by atoms with Gasteiger partial charge >= 0.3 is 5.97 Å². The summed E-state index contributed by atoms with van der Waals surface area (Å²) >= 11 is 0. The molecule has 5 heteroatoms. The fourth-order valence-electron chi connectivity index (χ4n) is 6.88.